The van der Waals surface area contributed by atoms with Crippen LogP contribution in [-0.4, -0.2) is 41.2 Å². The van der Waals surface area contributed by atoms with Crippen LogP contribution in [0.4, 0.5) is 17.5 Å². The van der Waals surface area contributed by atoms with Gasteiger partial charge in [0.05, 0.1) is 11.5 Å². The van der Waals surface area contributed by atoms with Gasteiger partial charge in [0.2, 0.25) is 11.8 Å². The normalized spacial score (nSPS) is 12.0. The van der Waals surface area contributed by atoms with E-state index in [0.717, 1.165) is 12.6 Å². The van der Waals surface area contributed by atoms with Crippen LogP contribution in [0.25, 0.3) is 0 Å². The molecule has 9 nitrogen and oxygen atoms in total. The van der Waals surface area contributed by atoms with Crippen molar-refractivity contribution in [2.75, 3.05) is 30.6 Å². The van der Waals surface area contributed by atoms with Crippen LogP contribution in [0.1, 0.15) is 20.3 Å². The summed E-state index contributed by atoms with van der Waals surface area (Å²) >= 11 is 0. The first-order valence-corrected chi connectivity index (χ1v) is 6.28. The van der Waals surface area contributed by atoms with Crippen molar-refractivity contribution in [2.45, 2.75) is 26.3 Å². The van der Waals surface area contributed by atoms with E-state index in [9.17, 15) is 10.1 Å². The van der Waals surface area contributed by atoms with Gasteiger partial charge in [-0.2, -0.15) is 4.98 Å². The summed E-state index contributed by atoms with van der Waals surface area (Å²) in [6.45, 7) is 4.90. The zero-order valence-corrected chi connectivity index (χ0v) is 11.9. The first kappa shape index (κ1) is 16.1. The van der Waals surface area contributed by atoms with Gasteiger partial charge in [-0.1, -0.05) is 6.92 Å². The van der Waals surface area contributed by atoms with Gasteiger partial charge in [0, 0.05) is 19.7 Å². The molecule has 9 heteroatoms. The molecule has 0 aromatic carbocycles. The average Bonchev–Trinajstić information content (AvgIpc) is 2.46. The summed E-state index contributed by atoms with van der Waals surface area (Å²) in [6.07, 6.45) is 1.97. The van der Waals surface area contributed by atoms with Crippen molar-refractivity contribution in [1.29, 1.82) is 0 Å². The minimum atomic E-state index is -0.502. The number of hydrogen-bond acceptors (Lipinski definition) is 8. The molecule has 1 unspecified atom stereocenters. The molecule has 0 fully saturated rings. The molecule has 1 rings (SSSR count). The van der Waals surface area contributed by atoms with Crippen LogP contribution in [0.15, 0.2) is 6.20 Å². The second-order valence-corrected chi connectivity index (χ2v) is 4.25. The van der Waals surface area contributed by atoms with E-state index in [2.05, 4.69) is 15.4 Å². The summed E-state index contributed by atoms with van der Waals surface area (Å²) in [5.41, 5.74) is 2.15. The van der Waals surface area contributed by atoms with Crippen molar-refractivity contribution in [1.82, 2.24) is 9.97 Å². The summed E-state index contributed by atoms with van der Waals surface area (Å²) in [5, 5.41) is 11.1. The highest BCUT2D eigenvalue weighted by Crippen LogP contribution is 2.28. The number of nitrogens with zero attached hydrogens (tertiary/aromatic N) is 4. The molecule has 0 aliphatic rings. The zero-order chi connectivity index (χ0) is 15.1. The van der Waals surface area contributed by atoms with Gasteiger partial charge in [-0.3, -0.25) is 15.5 Å². The van der Waals surface area contributed by atoms with Crippen molar-refractivity contribution in [2.24, 2.45) is 5.84 Å². The van der Waals surface area contributed by atoms with Crippen LogP contribution in [0.5, 0.6) is 0 Å². The second-order valence-electron chi connectivity index (χ2n) is 4.25. The fourth-order valence-corrected chi connectivity index (χ4v) is 1.72. The Hall–Kier alpha value is -2.00. The zero-order valence-electron chi connectivity index (χ0n) is 11.9. The minimum absolute atomic E-state index is 0.0735. The number of methoxy groups -OCH3 is 1. The predicted molar refractivity (Wildman–Crippen MR) is 75.5 cm³/mol. The molecule has 1 aromatic rings. The smallest absolute Gasteiger partial charge is 0.329 e. The van der Waals surface area contributed by atoms with Gasteiger partial charge in [-0.25, -0.2) is 10.8 Å². The molecule has 0 aliphatic heterocycles. The number of nitrogens with two attached hydrogens (primary N) is 1. The van der Waals surface area contributed by atoms with Crippen molar-refractivity contribution in [3.8, 4) is 0 Å². The van der Waals surface area contributed by atoms with Gasteiger partial charge in [0.15, 0.2) is 0 Å². The quantitative estimate of drug-likeness (QED) is 0.411. The molecule has 0 radical (unpaired) electrons. The minimum Gasteiger partial charge on any atom is -0.383 e. The molecule has 1 atom stereocenters. The number of aromatic nitrogens is 2. The van der Waals surface area contributed by atoms with Gasteiger partial charge >= 0.3 is 5.69 Å². The first-order valence-electron chi connectivity index (χ1n) is 6.28. The number of anilines is 2. The molecule has 1 aromatic heterocycles. The Morgan fingerprint density at radius 2 is 2.35 bits per heavy atom. The number of rotatable bonds is 8. The lowest BCUT2D eigenvalue weighted by Gasteiger charge is -2.29. The summed E-state index contributed by atoms with van der Waals surface area (Å²) in [6, 6.07) is 0.0735. The van der Waals surface area contributed by atoms with Crippen LogP contribution in [0, 0.1) is 10.1 Å². The fourth-order valence-electron chi connectivity index (χ4n) is 1.72. The average molecular weight is 284 g/mol. The van der Waals surface area contributed by atoms with E-state index in [1.807, 2.05) is 18.7 Å². The lowest BCUT2D eigenvalue weighted by atomic mass is 10.2. The Morgan fingerprint density at radius 1 is 1.65 bits per heavy atom. The molecule has 0 spiro atoms. The van der Waals surface area contributed by atoms with Gasteiger partial charge in [-0.15, -0.1) is 0 Å². The van der Waals surface area contributed by atoms with Crippen LogP contribution >= 0.6 is 0 Å². The van der Waals surface area contributed by atoms with E-state index in [1.165, 1.54) is 0 Å². The Labute approximate surface area is 117 Å². The molecule has 0 saturated heterocycles. The number of nitro groups is 1. The van der Waals surface area contributed by atoms with E-state index in [1.54, 1.807) is 7.11 Å². The molecule has 112 valence electrons. The third kappa shape index (κ3) is 3.75. The molecule has 0 bridgehead atoms. The van der Waals surface area contributed by atoms with E-state index in [4.69, 9.17) is 10.6 Å². The molecule has 0 saturated carbocycles. The highest BCUT2D eigenvalue weighted by Gasteiger charge is 2.25. The maximum Gasteiger partial charge on any atom is 0.329 e. The van der Waals surface area contributed by atoms with Crippen molar-refractivity contribution in [3.05, 3.63) is 16.3 Å². The topological polar surface area (TPSA) is 119 Å². The fraction of sp³-hybridized carbons (Fsp3) is 0.636. The number of nitrogen functional groups attached to an aromatic ring is 1. The summed E-state index contributed by atoms with van der Waals surface area (Å²) in [5.74, 6) is 5.64. The van der Waals surface area contributed by atoms with E-state index >= 15 is 0 Å². The predicted octanol–water partition coefficient (Wildman–Crippen LogP) is 0.922. The number of hydrazine groups is 1. The van der Waals surface area contributed by atoms with Crippen LogP contribution in [-0.2, 0) is 4.74 Å². The number of hydrogen-bond donors (Lipinski definition) is 2. The largest absolute Gasteiger partial charge is 0.383 e. The molecule has 0 amide bonds. The summed E-state index contributed by atoms with van der Waals surface area (Å²) in [4.78, 5) is 20.3. The Bertz CT molecular complexity index is 456. The lowest BCUT2D eigenvalue weighted by Crippen LogP contribution is -2.36. The maximum atomic E-state index is 11.1. The van der Waals surface area contributed by atoms with Crippen LogP contribution in [0.2, 0.25) is 0 Å². The molecule has 3 N–H and O–H groups in total. The van der Waals surface area contributed by atoms with E-state index in [0.29, 0.717) is 13.2 Å². The first-order chi connectivity index (χ1) is 9.54. The van der Waals surface area contributed by atoms with E-state index in [-0.39, 0.29) is 23.5 Å². The SMILES string of the molecule is CCC(C)N(CCOC)c1nc(NN)ncc1[N+](=O)[O-]. The molecule has 20 heavy (non-hydrogen) atoms. The summed E-state index contributed by atoms with van der Waals surface area (Å²) in [7, 11) is 1.58. The Kier molecular flexibility index (Phi) is 6.07. The van der Waals surface area contributed by atoms with Gasteiger partial charge in [-0.05, 0) is 13.3 Å². The standard InChI is InChI=1S/C11H20N6O3/c1-4-8(2)16(5-6-20-3)10-9(17(18)19)7-13-11(14-10)15-12/h7-8H,4-6,12H2,1-3H3,(H,13,14,15). The second kappa shape index (κ2) is 7.56. The number of nitrogens with one attached hydrogen (secondary N) is 1. The highest BCUT2D eigenvalue weighted by atomic mass is 16.6. The monoisotopic (exact) mass is 284 g/mol. The maximum absolute atomic E-state index is 11.1. The van der Waals surface area contributed by atoms with Gasteiger partial charge in [0.25, 0.3) is 0 Å². The van der Waals surface area contributed by atoms with Crippen molar-refractivity contribution in [3.63, 3.8) is 0 Å². The van der Waals surface area contributed by atoms with Gasteiger partial charge in [0.1, 0.15) is 6.20 Å². The molecular formula is C11H20N6O3. The summed E-state index contributed by atoms with van der Waals surface area (Å²) < 4.78 is 5.05. The third-order valence-corrected chi connectivity index (χ3v) is 3.01. The lowest BCUT2D eigenvalue weighted by molar-refractivity contribution is -0.384. The highest BCUT2D eigenvalue weighted by molar-refractivity contribution is 5.59. The van der Waals surface area contributed by atoms with Gasteiger partial charge < -0.3 is 9.64 Å². The van der Waals surface area contributed by atoms with E-state index < -0.39 is 4.92 Å². The third-order valence-electron chi connectivity index (χ3n) is 3.01. The molecule has 0 aliphatic carbocycles. The van der Waals surface area contributed by atoms with Crippen LogP contribution < -0.4 is 16.2 Å². The molecular weight excluding hydrogens is 264 g/mol. The Balaban J connectivity index is 3.23. The van der Waals surface area contributed by atoms with Crippen LogP contribution in [0.3, 0.4) is 0 Å². The Morgan fingerprint density at radius 3 is 2.85 bits per heavy atom. The van der Waals surface area contributed by atoms with Crippen molar-refractivity contribution >= 4 is 17.5 Å². The number of ether oxygens (including phenoxy) is 1. The van der Waals surface area contributed by atoms with Crippen molar-refractivity contribution < 1.29 is 9.66 Å². The molecule has 1 heterocycles.